The van der Waals surface area contributed by atoms with Crippen molar-refractivity contribution in [2.24, 2.45) is 0 Å². The van der Waals surface area contributed by atoms with Crippen LogP contribution in [-0.2, 0) is 14.4 Å². The topological polar surface area (TPSA) is 105 Å². The Kier molecular flexibility index (Phi) is 7.83. The van der Waals surface area contributed by atoms with Crippen LogP contribution in [0.15, 0.2) is 42.5 Å². The Labute approximate surface area is 197 Å². The summed E-state index contributed by atoms with van der Waals surface area (Å²) in [4.78, 5) is 53.2. The number of rotatable bonds is 9. The fraction of sp³-hybridized carbons (Fsp3) is 0.333. The SMILES string of the molecule is Cc1ccc2c3ccccc3n(C(=O)C[C@H](C(=O)NC(CC(=O)O)C(=O)CF)I(C)C)c2c1. The van der Waals surface area contributed by atoms with Crippen molar-refractivity contribution in [3.8, 4) is 0 Å². The average molecular weight is 568 g/mol. The standard InChI is InChI=1S/C24H26FIN2O5/c1-14-8-9-16-15-6-4-5-7-19(15)28(20(16)10-14)22(30)11-17(26(2)3)24(33)27-18(12-23(31)32)21(29)13-25/h4-10,17-18H,11-13H2,1-3H3,(H,27,33)(H,31,32)/t17-,18?/m1/s1. The maximum absolute atomic E-state index is 13.5. The van der Waals surface area contributed by atoms with Gasteiger partial charge in [0, 0.05) is 0 Å². The van der Waals surface area contributed by atoms with Gasteiger partial charge in [-0.1, -0.05) is 0 Å². The predicted molar refractivity (Wildman–Crippen MR) is 134 cm³/mol. The molecule has 0 aliphatic carbocycles. The van der Waals surface area contributed by atoms with Crippen molar-refractivity contribution in [1.82, 2.24) is 9.88 Å². The molecule has 3 aromatic rings. The van der Waals surface area contributed by atoms with Crippen LogP contribution < -0.4 is 5.32 Å². The van der Waals surface area contributed by atoms with Crippen LogP contribution in [0.3, 0.4) is 0 Å². The molecule has 2 aromatic carbocycles. The maximum atomic E-state index is 13.5. The van der Waals surface area contributed by atoms with Gasteiger partial charge in [-0.3, -0.25) is 0 Å². The molecule has 7 nitrogen and oxygen atoms in total. The van der Waals surface area contributed by atoms with Gasteiger partial charge in [-0.2, -0.15) is 0 Å². The van der Waals surface area contributed by atoms with Gasteiger partial charge in [0.05, 0.1) is 0 Å². The van der Waals surface area contributed by atoms with Crippen molar-refractivity contribution in [2.45, 2.75) is 29.7 Å². The quantitative estimate of drug-likeness (QED) is 0.302. The van der Waals surface area contributed by atoms with E-state index in [1.165, 1.54) is 0 Å². The number of nitrogens with one attached hydrogen (secondary N) is 1. The number of carboxylic acid groups (broad SMARTS) is 1. The van der Waals surface area contributed by atoms with E-state index in [1.807, 2.05) is 59.2 Å². The third-order valence-corrected chi connectivity index (χ3v) is 9.47. The number of alkyl halides is 4. The second-order valence-corrected chi connectivity index (χ2v) is 14.2. The van der Waals surface area contributed by atoms with Gasteiger partial charge >= 0.3 is 198 Å². The zero-order valence-electron chi connectivity index (χ0n) is 18.6. The van der Waals surface area contributed by atoms with Crippen molar-refractivity contribution in [3.05, 3.63) is 48.0 Å². The molecule has 0 radical (unpaired) electrons. The number of Topliss-reactive ketones (excluding diaryl/α,β-unsaturated/α-hetero) is 1. The van der Waals surface area contributed by atoms with Crippen LogP contribution in [0.4, 0.5) is 4.39 Å². The van der Waals surface area contributed by atoms with Crippen LogP contribution in [0.2, 0.25) is 0 Å². The van der Waals surface area contributed by atoms with Crippen LogP contribution in [0.1, 0.15) is 23.2 Å². The molecule has 0 saturated carbocycles. The van der Waals surface area contributed by atoms with Crippen LogP contribution in [-0.4, -0.2) is 59.7 Å². The fourth-order valence-electron chi connectivity index (χ4n) is 3.81. The zero-order valence-corrected chi connectivity index (χ0v) is 20.8. The molecule has 0 aliphatic heterocycles. The van der Waals surface area contributed by atoms with E-state index in [-0.39, 0.29) is 12.3 Å². The van der Waals surface area contributed by atoms with E-state index in [1.54, 1.807) is 4.57 Å². The molecule has 0 saturated heterocycles. The third-order valence-electron chi connectivity index (χ3n) is 5.46. The average Bonchev–Trinajstić information content (AvgIpc) is 3.09. The number of ketones is 1. The minimum absolute atomic E-state index is 0.0883. The molecule has 0 aliphatic rings. The van der Waals surface area contributed by atoms with Crippen molar-refractivity contribution >= 4 is 65.2 Å². The number of halogens is 2. The Bertz CT molecular complexity index is 1240. The molecule has 2 N–H and O–H groups in total. The molecular formula is C24H26FIN2O5. The molecule has 1 heterocycles. The summed E-state index contributed by atoms with van der Waals surface area (Å²) in [6.07, 6.45) is -0.794. The molecule has 33 heavy (non-hydrogen) atoms. The van der Waals surface area contributed by atoms with E-state index in [2.05, 4.69) is 5.32 Å². The summed E-state index contributed by atoms with van der Waals surface area (Å²) in [5.41, 5.74) is 2.49. The first-order valence-corrected chi connectivity index (χ1v) is 15.8. The molecule has 1 amide bonds. The molecular weight excluding hydrogens is 542 g/mol. The number of hydrogen-bond acceptors (Lipinski definition) is 4. The van der Waals surface area contributed by atoms with E-state index >= 15 is 0 Å². The third kappa shape index (κ3) is 5.40. The van der Waals surface area contributed by atoms with Gasteiger partial charge in [0.15, 0.2) is 0 Å². The summed E-state index contributed by atoms with van der Waals surface area (Å²) in [6.45, 7) is 0.567. The molecule has 2 atom stereocenters. The summed E-state index contributed by atoms with van der Waals surface area (Å²) in [6, 6.07) is 12.0. The Hall–Kier alpha value is -2.82. The molecule has 0 spiro atoms. The zero-order chi connectivity index (χ0) is 24.3. The monoisotopic (exact) mass is 568 g/mol. The first-order chi connectivity index (χ1) is 15.6. The number of para-hydroxylation sites is 1. The van der Waals surface area contributed by atoms with Gasteiger partial charge in [-0.25, -0.2) is 0 Å². The van der Waals surface area contributed by atoms with Crippen molar-refractivity contribution in [1.29, 1.82) is 0 Å². The number of aryl methyl sites for hydroxylation is 1. The Morgan fingerprint density at radius 3 is 2.33 bits per heavy atom. The molecule has 9 heteroatoms. The predicted octanol–water partition coefficient (Wildman–Crippen LogP) is 3.77. The number of carbonyl (C=O) groups is 4. The number of carbonyl (C=O) groups excluding carboxylic acids is 3. The van der Waals surface area contributed by atoms with Crippen LogP contribution in [0, 0.1) is 6.92 Å². The second kappa shape index (κ2) is 10.4. The van der Waals surface area contributed by atoms with Crippen molar-refractivity contribution in [3.63, 3.8) is 0 Å². The molecule has 1 aromatic heterocycles. The van der Waals surface area contributed by atoms with E-state index in [9.17, 15) is 23.6 Å². The molecule has 1 unspecified atom stereocenters. The first kappa shape index (κ1) is 24.8. The molecule has 0 bridgehead atoms. The normalized spacial score (nSPS) is 13.5. The van der Waals surface area contributed by atoms with E-state index in [0.29, 0.717) is 0 Å². The Balaban J connectivity index is 1.94. The van der Waals surface area contributed by atoms with Gasteiger partial charge in [0.2, 0.25) is 0 Å². The van der Waals surface area contributed by atoms with Crippen LogP contribution in [0.5, 0.6) is 0 Å². The van der Waals surface area contributed by atoms with Gasteiger partial charge < -0.3 is 0 Å². The number of hydrogen-bond donors (Lipinski definition) is 2. The number of amides is 1. The van der Waals surface area contributed by atoms with Gasteiger partial charge in [0.25, 0.3) is 0 Å². The van der Waals surface area contributed by atoms with E-state index in [4.69, 9.17) is 5.11 Å². The number of fused-ring (bicyclic) bond motifs is 3. The molecule has 176 valence electrons. The number of nitrogens with zero attached hydrogens (tertiary/aromatic N) is 1. The van der Waals surface area contributed by atoms with E-state index in [0.717, 1.165) is 27.4 Å². The number of aliphatic carboxylic acids is 1. The summed E-state index contributed by atoms with van der Waals surface area (Å²) < 4.78 is 13.8. The van der Waals surface area contributed by atoms with E-state index < -0.39 is 60.5 Å². The summed E-state index contributed by atoms with van der Waals surface area (Å²) >= 11 is -1.96. The first-order valence-electron chi connectivity index (χ1n) is 10.3. The van der Waals surface area contributed by atoms with Crippen LogP contribution >= 0.6 is 19.8 Å². The number of benzene rings is 2. The minimum atomic E-state index is -1.96. The van der Waals surface area contributed by atoms with Gasteiger partial charge in [-0.05, 0) is 0 Å². The fourth-order valence-corrected chi connectivity index (χ4v) is 6.38. The molecule has 0 fully saturated rings. The summed E-state index contributed by atoms with van der Waals surface area (Å²) in [5, 5.41) is 13.3. The van der Waals surface area contributed by atoms with Crippen LogP contribution in [0.25, 0.3) is 21.8 Å². The Morgan fingerprint density at radius 2 is 1.70 bits per heavy atom. The summed E-state index contributed by atoms with van der Waals surface area (Å²) in [5.74, 6) is -3.16. The van der Waals surface area contributed by atoms with Crippen molar-refractivity contribution < 1.29 is 28.7 Å². The Morgan fingerprint density at radius 1 is 1.03 bits per heavy atom. The second-order valence-electron chi connectivity index (χ2n) is 8.01. The van der Waals surface area contributed by atoms with Gasteiger partial charge in [-0.15, -0.1) is 0 Å². The molecule has 3 rings (SSSR count). The number of aromatic nitrogens is 1. The summed E-state index contributed by atoms with van der Waals surface area (Å²) in [7, 11) is 0. The van der Waals surface area contributed by atoms with Crippen molar-refractivity contribution in [2.75, 3.05) is 16.5 Å². The number of carboxylic acids is 1. The van der Waals surface area contributed by atoms with Gasteiger partial charge in [0.1, 0.15) is 0 Å².